The molecule has 12 heteroatoms. The van der Waals surface area contributed by atoms with Gasteiger partial charge in [0.2, 0.25) is 5.91 Å². The number of carboxylic acids is 1. The predicted molar refractivity (Wildman–Crippen MR) is 109 cm³/mol. The summed E-state index contributed by atoms with van der Waals surface area (Å²) in [6.45, 7) is 0. The van der Waals surface area contributed by atoms with Crippen molar-refractivity contribution >= 4 is 41.3 Å². The second kappa shape index (κ2) is 8.40. The minimum atomic E-state index is -1.17. The van der Waals surface area contributed by atoms with Crippen molar-refractivity contribution in [3.05, 3.63) is 47.3 Å². The van der Waals surface area contributed by atoms with Crippen LogP contribution in [0.1, 0.15) is 5.56 Å². The molecule has 2 aliphatic heterocycles. The first-order valence-electron chi connectivity index (χ1n) is 8.90. The fourth-order valence-electron chi connectivity index (χ4n) is 3.24. The summed E-state index contributed by atoms with van der Waals surface area (Å²) in [6, 6.07) is 5.46. The average Bonchev–Trinajstić information content (AvgIpc) is 3.25. The molecule has 10 nitrogen and oxygen atoms in total. The minimum Gasteiger partial charge on any atom is -0.508 e. The van der Waals surface area contributed by atoms with Gasteiger partial charge in [0.15, 0.2) is 0 Å². The molecule has 30 heavy (non-hydrogen) atoms. The second-order valence-electron chi connectivity index (χ2n) is 6.65. The smallest absolute Gasteiger partial charge is 0.352 e. The molecule has 2 atom stereocenters. The third-order valence-corrected chi connectivity index (χ3v) is 6.98. The molecule has 1 fully saturated rings. The van der Waals surface area contributed by atoms with Crippen molar-refractivity contribution < 1.29 is 24.6 Å². The van der Waals surface area contributed by atoms with E-state index in [4.69, 9.17) is 0 Å². The molecule has 2 aromatic rings. The Labute approximate surface area is 179 Å². The number of fused-ring (bicyclic) bond motifs is 1. The predicted octanol–water partition coefficient (Wildman–Crippen LogP) is 0.584. The number of nitrogens with one attached hydrogen (secondary N) is 2. The lowest BCUT2D eigenvalue weighted by Gasteiger charge is -2.49. The number of phenols is 1. The molecule has 0 saturated carbocycles. The molecule has 0 radical (unpaired) electrons. The first-order valence-corrected chi connectivity index (χ1v) is 10.9. The number of amides is 2. The van der Waals surface area contributed by atoms with Gasteiger partial charge < -0.3 is 15.5 Å². The summed E-state index contributed by atoms with van der Waals surface area (Å²) < 4.78 is 0. The lowest BCUT2D eigenvalue weighted by molar-refractivity contribution is -0.150. The molecule has 1 saturated heterocycles. The Kier molecular flexibility index (Phi) is 5.68. The van der Waals surface area contributed by atoms with Crippen molar-refractivity contribution in [3.8, 4) is 5.75 Å². The Bertz CT molecular complexity index is 1010. The summed E-state index contributed by atoms with van der Waals surface area (Å²) in [5.74, 6) is -1.03. The summed E-state index contributed by atoms with van der Waals surface area (Å²) >= 11 is 2.75. The van der Waals surface area contributed by atoms with E-state index in [0.717, 1.165) is 0 Å². The topological polar surface area (TPSA) is 149 Å². The number of thioether (sulfide) groups is 2. The number of rotatable bonds is 7. The zero-order valence-electron chi connectivity index (χ0n) is 15.4. The first-order chi connectivity index (χ1) is 14.4. The molecule has 1 aromatic carbocycles. The van der Waals surface area contributed by atoms with Crippen LogP contribution in [0.5, 0.6) is 5.75 Å². The van der Waals surface area contributed by atoms with Crippen molar-refractivity contribution in [2.75, 3.05) is 11.5 Å². The summed E-state index contributed by atoms with van der Waals surface area (Å²) in [6.07, 6.45) is 1.60. The van der Waals surface area contributed by atoms with E-state index in [1.54, 1.807) is 18.3 Å². The van der Waals surface area contributed by atoms with Gasteiger partial charge in [0.05, 0.1) is 12.6 Å². The van der Waals surface area contributed by atoms with E-state index in [9.17, 15) is 24.6 Å². The highest BCUT2D eigenvalue weighted by atomic mass is 32.2. The van der Waals surface area contributed by atoms with E-state index in [1.165, 1.54) is 40.6 Å². The molecule has 3 heterocycles. The van der Waals surface area contributed by atoms with Gasteiger partial charge in [0.1, 0.15) is 27.9 Å². The number of carbonyl (C=O) groups excluding carboxylic acids is 2. The monoisotopic (exact) mass is 447 g/mol. The number of carbonyl (C=O) groups is 3. The van der Waals surface area contributed by atoms with Gasteiger partial charge in [-0.1, -0.05) is 23.9 Å². The van der Waals surface area contributed by atoms with Gasteiger partial charge in [-0.15, -0.1) is 16.9 Å². The lowest BCUT2D eigenvalue weighted by atomic mass is 10.0. The number of carboxylic acid groups (broad SMARTS) is 1. The quantitative estimate of drug-likeness (QED) is 0.353. The van der Waals surface area contributed by atoms with Crippen molar-refractivity contribution in [2.24, 2.45) is 0 Å². The first kappa shape index (κ1) is 20.3. The Morgan fingerprint density at radius 1 is 1.33 bits per heavy atom. The third kappa shape index (κ3) is 4.00. The molecule has 1 aromatic heterocycles. The van der Waals surface area contributed by atoms with Crippen LogP contribution in [0.4, 0.5) is 0 Å². The van der Waals surface area contributed by atoms with Gasteiger partial charge in [0, 0.05) is 11.5 Å². The molecule has 4 rings (SSSR count). The fraction of sp³-hybridized carbons (Fsp3) is 0.278. The van der Waals surface area contributed by atoms with Crippen LogP contribution in [-0.4, -0.2) is 71.2 Å². The number of hydrogen-bond donors (Lipinski definition) is 4. The minimum absolute atomic E-state index is 0.0243. The summed E-state index contributed by atoms with van der Waals surface area (Å²) in [4.78, 5) is 38.1. The van der Waals surface area contributed by atoms with Crippen LogP contribution in [0.25, 0.3) is 0 Å². The Hall–Kier alpha value is -2.99. The van der Waals surface area contributed by atoms with Gasteiger partial charge in [-0.25, -0.2) is 4.79 Å². The maximum atomic E-state index is 12.7. The Morgan fingerprint density at radius 3 is 2.77 bits per heavy atom. The fourth-order valence-corrected chi connectivity index (χ4v) is 5.51. The van der Waals surface area contributed by atoms with E-state index in [-0.39, 0.29) is 23.8 Å². The highest BCUT2D eigenvalue weighted by molar-refractivity contribution is 8.01. The molecule has 2 aliphatic rings. The number of phenolic OH excluding ortho intramolecular Hbond substituents is 1. The van der Waals surface area contributed by atoms with Gasteiger partial charge in [0.25, 0.3) is 5.91 Å². The molecule has 156 valence electrons. The normalized spacial score (nSPS) is 20.5. The molecular weight excluding hydrogens is 430 g/mol. The maximum Gasteiger partial charge on any atom is 0.352 e. The largest absolute Gasteiger partial charge is 0.508 e. The standard InChI is InChI=1S/C18H17N5O5S2/c24-11-3-1-9(2-4-11)5-12(25)20-14-16(26)23-15(18(27)28)10(8-30-17(14)23)7-29-13-6-19-22-21-13/h1-4,6,14,17,24H,5,7-8H2,(H,20,25)(H,27,28)(H,19,21,22)/t14-,17?/m1/s1. The van der Waals surface area contributed by atoms with Crippen LogP contribution in [0.15, 0.2) is 46.8 Å². The third-order valence-electron chi connectivity index (χ3n) is 4.65. The molecule has 1 unspecified atom stereocenters. The number of aromatic nitrogens is 3. The van der Waals surface area contributed by atoms with Crippen molar-refractivity contribution in [1.29, 1.82) is 0 Å². The number of benzene rings is 1. The molecule has 0 aliphatic carbocycles. The number of aromatic amines is 1. The van der Waals surface area contributed by atoms with Crippen LogP contribution < -0.4 is 5.32 Å². The number of aromatic hydroxyl groups is 1. The zero-order chi connectivity index (χ0) is 21.3. The number of aliphatic carboxylic acids is 1. The van der Waals surface area contributed by atoms with Crippen molar-refractivity contribution in [1.82, 2.24) is 25.6 Å². The van der Waals surface area contributed by atoms with Crippen LogP contribution in [-0.2, 0) is 20.8 Å². The molecular formula is C18H17N5O5S2. The number of H-pyrrole nitrogens is 1. The van der Waals surface area contributed by atoms with E-state index >= 15 is 0 Å². The summed E-state index contributed by atoms with van der Waals surface area (Å²) in [5, 5.41) is 32.0. The highest BCUT2D eigenvalue weighted by Crippen LogP contribution is 2.41. The van der Waals surface area contributed by atoms with Crippen LogP contribution >= 0.6 is 23.5 Å². The maximum absolute atomic E-state index is 12.7. The molecule has 0 bridgehead atoms. The van der Waals surface area contributed by atoms with Gasteiger partial charge in [-0.05, 0) is 23.3 Å². The number of hydrogen-bond acceptors (Lipinski definition) is 8. The lowest BCUT2D eigenvalue weighted by Crippen LogP contribution is -2.70. The Balaban J connectivity index is 1.42. The van der Waals surface area contributed by atoms with E-state index in [2.05, 4.69) is 20.7 Å². The number of β-lactam (4-membered cyclic amide) rings is 1. The van der Waals surface area contributed by atoms with Crippen LogP contribution in [0.3, 0.4) is 0 Å². The zero-order valence-corrected chi connectivity index (χ0v) is 17.1. The SMILES string of the molecule is O=C(Cc1ccc(O)cc1)N[C@@H]1C(=O)N2C(C(=O)O)=C(CSc3cn[nH]n3)CSC12. The highest BCUT2D eigenvalue weighted by Gasteiger charge is 2.54. The van der Waals surface area contributed by atoms with Crippen LogP contribution in [0, 0.1) is 0 Å². The number of nitrogens with zero attached hydrogens (tertiary/aromatic N) is 3. The molecule has 4 N–H and O–H groups in total. The van der Waals surface area contributed by atoms with Crippen molar-refractivity contribution in [2.45, 2.75) is 22.9 Å². The second-order valence-corrected chi connectivity index (χ2v) is 8.75. The summed E-state index contributed by atoms with van der Waals surface area (Å²) in [5.41, 5.74) is 1.30. The molecule has 2 amide bonds. The average molecular weight is 447 g/mol. The van der Waals surface area contributed by atoms with Gasteiger partial charge in [-0.3, -0.25) is 14.5 Å². The van der Waals surface area contributed by atoms with E-state index < -0.39 is 23.3 Å². The Morgan fingerprint density at radius 2 is 2.10 bits per heavy atom. The van der Waals surface area contributed by atoms with Gasteiger partial charge >= 0.3 is 5.97 Å². The van der Waals surface area contributed by atoms with E-state index in [0.29, 0.717) is 27.7 Å². The van der Waals surface area contributed by atoms with E-state index in [1.807, 2.05) is 0 Å². The summed E-state index contributed by atoms with van der Waals surface area (Å²) in [7, 11) is 0. The van der Waals surface area contributed by atoms with Crippen LogP contribution in [0.2, 0.25) is 0 Å². The van der Waals surface area contributed by atoms with Crippen molar-refractivity contribution in [3.63, 3.8) is 0 Å². The molecule has 0 spiro atoms. The van der Waals surface area contributed by atoms with Gasteiger partial charge in [-0.2, -0.15) is 10.3 Å².